The standard InChI is InChI=1S/C31H31N9O2S/c41-27(40-15-13-39(14-16-40)24-6-4-21(5-7-24)29-33-10-2-11-34-29)20-38-12-8-23(19-38)35-30(42)26-17-25-28(36-37-31(25)43-26)22-3-1-9-32-18-22/h1-7,9-11,17-18,23H,8,12-16,19-20H2,(H,35,42)(H,36,37). The van der Waals surface area contributed by atoms with Gasteiger partial charge in [0.2, 0.25) is 5.91 Å². The van der Waals surface area contributed by atoms with Crippen LogP contribution in [-0.2, 0) is 4.79 Å². The molecule has 0 spiro atoms. The second-order valence-corrected chi connectivity index (χ2v) is 11.9. The number of carbonyl (C=O) groups excluding carboxylic acids is 2. The Hall–Kier alpha value is -4.68. The first-order valence-corrected chi connectivity index (χ1v) is 15.2. The van der Waals surface area contributed by atoms with Gasteiger partial charge in [-0.3, -0.25) is 24.6 Å². The van der Waals surface area contributed by atoms with Crippen LogP contribution < -0.4 is 10.2 Å². The van der Waals surface area contributed by atoms with Crippen LogP contribution in [-0.4, -0.2) is 98.6 Å². The molecule has 2 N–H and O–H groups in total. The molecule has 12 heteroatoms. The zero-order valence-electron chi connectivity index (χ0n) is 23.5. The number of carbonyl (C=O) groups is 2. The highest BCUT2D eigenvalue weighted by Gasteiger charge is 2.29. The van der Waals surface area contributed by atoms with Crippen LogP contribution in [0.25, 0.3) is 32.9 Å². The second kappa shape index (κ2) is 11.9. The van der Waals surface area contributed by atoms with Gasteiger partial charge in [-0.1, -0.05) is 0 Å². The fourth-order valence-electron chi connectivity index (χ4n) is 5.78. The smallest absolute Gasteiger partial charge is 0.261 e. The predicted molar refractivity (Wildman–Crippen MR) is 166 cm³/mol. The van der Waals surface area contributed by atoms with Crippen molar-refractivity contribution in [2.75, 3.05) is 50.7 Å². The van der Waals surface area contributed by atoms with E-state index in [1.807, 2.05) is 41.3 Å². The Balaban J connectivity index is 0.885. The molecule has 4 aromatic heterocycles. The van der Waals surface area contributed by atoms with Crippen molar-refractivity contribution in [2.45, 2.75) is 12.5 Å². The number of H-pyrrole nitrogens is 1. The molecule has 2 saturated heterocycles. The highest BCUT2D eigenvalue weighted by atomic mass is 32.1. The van der Waals surface area contributed by atoms with Gasteiger partial charge in [-0.15, -0.1) is 11.3 Å². The highest BCUT2D eigenvalue weighted by Crippen LogP contribution is 2.32. The van der Waals surface area contributed by atoms with E-state index >= 15 is 0 Å². The zero-order valence-corrected chi connectivity index (χ0v) is 24.3. The molecule has 1 aromatic carbocycles. The molecule has 218 valence electrons. The molecule has 1 unspecified atom stereocenters. The Kier molecular flexibility index (Phi) is 7.52. The maximum absolute atomic E-state index is 13.1. The lowest BCUT2D eigenvalue weighted by atomic mass is 10.1. The largest absolute Gasteiger partial charge is 0.368 e. The number of fused-ring (bicyclic) bond motifs is 1. The number of likely N-dealkylation sites (tertiary alicyclic amines) is 1. The van der Waals surface area contributed by atoms with E-state index in [0.717, 1.165) is 58.8 Å². The maximum Gasteiger partial charge on any atom is 0.261 e. The monoisotopic (exact) mass is 593 g/mol. The molecule has 0 radical (unpaired) electrons. The Labute approximate surface area is 252 Å². The van der Waals surface area contributed by atoms with Crippen molar-refractivity contribution < 1.29 is 9.59 Å². The van der Waals surface area contributed by atoms with Gasteiger partial charge in [0.15, 0.2) is 5.82 Å². The molecule has 2 amide bonds. The minimum atomic E-state index is -0.0923. The van der Waals surface area contributed by atoms with Crippen LogP contribution in [0.2, 0.25) is 0 Å². The second-order valence-electron chi connectivity index (χ2n) is 10.8. The minimum absolute atomic E-state index is 0.0118. The van der Waals surface area contributed by atoms with Crippen molar-refractivity contribution in [1.29, 1.82) is 0 Å². The van der Waals surface area contributed by atoms with E-state index in [9.17, 15) is 9.59 Å². The molecule has 43 heavy (non-hydrogen) atoms. The lowest BCUT2D eigenvalue weighted by Gasteiger charge is -2.36. The number of thiophene rings is 1. The summed E-state index contributed by atoms with van der Waals surface area (Å²) >= 11 is 1.40. The van der Waals surface area contributed by atoms with E-state index in [2.05, 4.69) is 52.4 Å². The van der Waals surface area contributed by atoms with Crippen molar-refractivity contribution in [2.24, 2.45) is 0 Å². The number of hydrogen-bond acceptors (Lipinski definition) is 9. The summed E-state index contributed by atoms with van der Waals surface area (Å²) in [6, 6.07) is 15.8. The minimum Gasteiger partial charge on any atom is -0.368 e. The van der Waals surface area contributed by atoms with Gasteiger partial charge in [0.1, 0.15) is 10.5 Å². The molecule has 0 bridgehead atoms. The number of benzene rings is 1. The summed E-state index contributed by atoms with van der Waals surface area (Å²) < 4.78 is 0. The number of anilines is 1. The first-order chi connectivity index (χ1) is 21.1. The van der Waals surface area contributed by atoms with Gasteiger partial charge in [0.05, 0.1) is 11.4 Å². The van der Waals surface area contributed by atoms with Crippen LogP contribution in [0.5, 0.6) is 0 Å². The van der Waals surface area contributed by atoms with E-state index in [1.54, 1.807) is 24.8 Å². The maximum atomic E-state index is 13.1. The Morgan fingerprint density at radius 3 is 2.53 bits per heavy atom. The van der Waals surface area contributed by atoms with Crippen molar-refractivity contribution in [3.63, 3.8) is 0 Å². The highest BCUT2D eigenvalue weighted by molar-refractivity contribution is 7.20. The molecule has 6 heterocycles. The third-order valence-electron chi connectivity index (χ3n) is 8.07. The average Bonchev–Trinajstić information content (AvgIpc) is 3.79. The van der Waals surface area contributed by atoms with Crippen molar-refractivity contribution in [1.82, 2.24) is 40.3 Å². The predicted octanol–water partition coefficient (Wildman–Crippen LogP) is 3.30. The van der Waals surface area contributed by atoms with Crippen LogP contribution in [0.4, 0.5) is 5.69 Å². The van der Waals surface area contributed by atoms with Crippen LogP contribution >= 0.6 is 11.3 Å². The number of aromatic amines is 1. The first-order valence-electron chi connectivity index (χ1n) is 14.4. The Morgan fingerprint density at radius 2 is 1.77 bits per heavy atom. The summed E-state index contributed by atoms with van der Waals surface area (Å²) in [7, 11) is 0. The van der Waals surface area contributed by atoms with E-state index in [0.29, 0.717) is 36.9 Å². The van der Waals surface area contributed by atoms with Crippen molar-refractivity contribution >= 4 is 39.1 Å². The summed E-state index contributed by atoms with van der Waals surface area (Å²) in [5.74, 6) is 0.766. The topological polar surface area (TPSA) is 123 Å². The molecule has 0 saturated carbocycles. The van der Waals surface area contributed by atoms with E-state index < -0.39 is 0 Å². The van der Waals surface area contributed by atoms with Gasteiger partial charge >= 0.3 is 0 Å². The summed E-state index contributed by atoms with van der Waals surface area (Å²) in [6.45, 7) is 4.79. The number of amides is 2. The van der Waals surface area contributed by atoms with Gasteiger partial charge in [-0.05, 0) is 55.0 Å². The van der Waals surface area contributed by atoms with Gasteiger partial charge in [0.25, 0.3) is 5.91 Å². The zero-order chi connectivity index (χ0) is 29.2. The van der Waals surface area contributed by atoms with Crippen LogP contribution in [0, 0.1) is 0 Å². The summed E-state index contributed by atoms with van der Waals surface area (Å²) in [6.07, 6.45) is 7.80. The van der Waals surface area contributed by atoms with Gasteiger partial charge in [0, 0.05) is 92.3 Å². The number of nitrogens with zero attached hydrogens (tertiary/aromatic N) is 7. The summed E-state index contributed by atoms with van der Waals surface area (Å²) in [4.78, 5) is 46.9. The third kappa shape index (κ3) is 5.84. The van der Waals surface area contributed by atoms with E-state index in [1.165, 1.54) is 11.3 Å². The fourth-order valence-corrected chi connectivity index (χ4v) is 6.68. The Bertz CT molecular complexity index is 1710. The fraction of sp³-hybridized carbons (Fsp3) is 0.290. The molecular weight excluding hydrogens is 562 g/mol. The molecule has 0 aliphatic carbocycles. The van der Waals surface area contributed by atoms with Crippen molar-refractivity contribution in [3.8, 4) is 22.6 Å². The van der Waals surface area contributed by atoms with Crippen molar-refractivity contribution in [3.05, 3.63) is 78.2 Å². The number of rotatable bonds is 7. The van der Waals surface area contributed by atoms with Crippen LogP contribution in [0.1, 0.15) is 16.1 Å². The normalized spacial score (nSPS) is 17.4. The van der Waals surface area contributed by atoms with Crippen LogP contribution in [0.15, 0.2) is 73.3 Å². The average molecular weight is 594 g/mol. The third-order valence-corrected chi connectivity index (χ3v) is 9.11. The lowest BCUT2D eigenvalue weighted by molar-refractivity contribution is -0.132. The number of aromatic nitrogens is 5. The molecule has 1 atom stereocenters. The lowest BCUT2D eigenvalue weighted by Crippen LogP contribution is -2.51. The van der Waals surface area contributed by atoms with Crippen LogP contribution in [0.3, 0.4) is 0 Å². The number of nitrogens with one attached hydrogen (secondary N) is 2. The first kappa shape index (κ1) is 27.2. The molecule has 11 nitrogen and oxygen atoms in total. The summed E-state index contributed by atoms with van der Waals surface area (Å²) in [5, 5.41) is 11.5. The van der Waals surface area contributed by atoms with E-state index in [-0.39, 0.29) is 17.9 Å². The van der Waals surface area contributed by atoms with E-state index in [4.69, 9.17) is 0 Å². The Morgan fingerprint density at radius 1 is 0.953 bits per heavy atom. The van der Waals surface area contributed by atoms with Gasteiger partial charge in [-0.25, -0.2) is 9.97 Å². The summed E-state index contributed by atoms with van der Waals surface area (Å²) in [5.41, 5.74) is 3.82. The van der Waals surface area contributed by atoms with Gasteiger partial charge < -0.3 is 15.1 Å². The molecule has 5 aromatic rings. The molecule has 2 aliphatic heterocycles. The number of piperazine rings is 1. The van der Waals surface area contributed by atoms with Gasteiger partial charge in [-0.2, -0.15) is 5.10 Å². The SMILES string of the molecule is O=C(NC1CCN(CC(=O)N2CCN(c3ccc(-c4ncccn4)cc3)CC2)C1)c1cc2c(-c3cccnc3)n[nH]c2s1. The molecule has 2 fully saturated rings. The number of pyridine rings is 1. The molecule has 7 rings (SSSR count). The molecular formula is C31H31N9O2S. The number of hydrogen-bond donors (Lipinski definition) is 2. The molecule has 2 aliphatic rings. The quantitative estimate of drug-likeness (QED) is 0.295.